The zero-order chi connectivity index (χ0) is 13.0. The lowest BCUT2D eigenvalue weighted by molar-refractivity contribution is -0.00547. The fraction of sp³-hybridized carbons (Fsp3) is 0.667. The molecule has 4 aliphatic rings. The van der Waals surface area contributed by atoms with Gasteiger partial charge < -0.3 is 4.74 Å². The van der Waals surface area contributed by atoms with E-state index in [9.17, 15) is 0 Å². The van der Waals surface area contributed by atoms with Gasteiger partial charge in [0.1, 0.15) is 5.75 Å². The number of hydrogen-bond donors (Lipinski definition) is 0. The predicted molar refractivity (Wildman–Crippen MR) is 77.6 cm³/mol. The lowest BCUT2D eigenvalue weighted by Crippen LogP contribution is -2.48. The Kier molecular flexibility index (Phi) is 2.49. The topological polar surface area (TPSA) is 9.23 Å². The van der Waals surface area contributed by atoms with Crippen molar-refractivity contribution in [2.75, 3.05) is 7.11 Å². The summed E-state index contributed by atoms with van der Waals surface area (Å²) in [6, 6.07) is 6.76. The fourth-order valence-corrected chi connectivity index (χ4v) is 5.80. The molecule has 1 aromatic carbocycles. The summed E-state index contributed by atoms with van der Waals surface area (Å²) >= 11 is 0. The highest BCUT2D eigenvalue weighted by atomic mass is 16.5. The lowest BCUT2D eigenvalue weighted by Gasteiger charge is -2.57. The van der Waals surface area contributed by atoms with E-state index < -0.39 is 0 Å². The molecule has 0 unspecified atom stereocenters. The van der Waals surface area contributed by atoms with E-state index in [1.807, 2.05) is 0 Å². The molecule has 5 rings (SSSR count). The summed E-state index contributed by atoms with van der Waals surface area (Å²) in [6.45, 7) is 2.27. The molecule has 1 aromatic rings. The van der Waals surface area contributed by atoms with Gasteiger partial charge in [0.2, 0.25) is 0 Å². The molecule has 0 aromatic heterocycles. The average molecular weight is 256 g/mol. The van der Waals surface area contributed by atoms with Crippen LogP contribution < -0.4 is 4.74 Å². The number of benzene rings is 1. The molecule has 1 nitrogen and oxygen atoms in total. The van der Waals surface area contributed by atoms with Gasteiger partial charge in [0.05, 0.1) is 7.11 Å². The van der Waals surface area contributed by atoms with Crippen molar-refractivity contribution in [1.29, 1.82) is 0 Å². The lowest BCUT2D eigenvalue weighted by atomic mass is 9.47. The normalized spacial score (nSPS) is 39.6. The zero-order valence-corrected chi connectivity index (χ0v) is 12.1. The van der Waals surface area contributed by atoms with E-state index in [0.29, 0.717) is 5.41 Å². The van der Waals surface area contributed by atoms with Crippen molar-refractivity contribution in [2.45, 2.75) is 50.9 Å². The largest absolute Gasteiger partial charge is 0.497 e. The fourth-order valence-electron chi connectivity index (χ4n) is 5.80. The summed E-state index contributed by atoms with van der Waals surface area (Å²) in [5, 5.41) is 0. The molecule has 4 fully saturated rings. The molecule has 102 valence electrons. The highest BCUT2D eigenvalue weighted by molar-refractivity contribution is 5.41. The average Bonchev–Trinajstić information content (AvgIpc) is 2.36. The number of methoxy groups -OCH3 is 1. The summed E-state index contributed by atoms with van der Waals surface area (Å²) < 4.78 is 5.37. The van der Waals surface area contributed by atoms with Gasteiger partial charge in [0.15, 0.2) is 0 Å². The molecule has 4 saturated carbocycles. The molecule has 0 amide bonds. The van der Waals surface area contributed by atoms with Gasteiger partial charge in [-0.3, -0.25) is 0 Å². The summed E-state index contributed by atoms with van der Waals surface area (Å²) in [6.07, 6.45) is 8.92. The minimum Gasteiger partial charge on any atom is -0.497 e. The molecule has 4 bridgehead atoms. The molecular formula is C18H24O. The van der Waals surface area contributed by atoms with Crippen LogP contribution in [0.25, 0.3) is 0 Å². The number of ether oxygens (including phenoxy) is 1. The van der Waals surface area contributed by atoms with Gasteiger partial charge in [-0.05, 0) is 91.9 Å². The standard InChI is InChI=1S/C18H24O/c1-12-5-16(19-2)3-4-17(12)18-9-13-6-14(10-18)8-15(7-13)11-18/h3-5,13-15H,6-11H2,1-2H3. The van der Waals surface area contributed by atoms with Crippen LogP contribution in [0, 0.1) is 24.7 Å². The highest BCUT2D eigenvalue weighted by Gasteiger charge is 2.51. The second-order valence-corrected chi connectivity index (χ2v) is 7.38. The van der Waals surface area contributed by atoms with Gasteiger partial charge in [0.25, 0.3) is 0 Å². The summed E-state index contributed by atoms with van der Waals surface area (Å²) in [5.41, 5.74) is 3.60. The Balaban J connectivity index is 1.75. The maximum atomic E-state index is 5.37. The molecule has 0 radical (unpaired) electrons. The van der Waals surface area contributed by atoms with E-state index in [4.69, 9.17) is 4.74 Å². The first-order valence-corrected chi connectivity index (χ1v) is 7.84. The van der Waals surface area contributed by atoms with E-state index >= 15 is 0 Å². The van der Waals surface area contributed by atoms with Gasteiger partial charge in [-0.25, -0.2) is 0 Å². The Morgan fingerprint density at radius 3 is 2.05 bits per heavy atom. The minimum absolute atomic E-state index is 0.519. The van der Waals surface area contributed by atoms with Crippen LogP contribution in [0.1, 0.15) is 49.7 Å². The first-order chi connectivity index (χ1) is 9.18. The van der Waals surface area contributed by atoms with Crippen molar-refractivity contribution >= 4 is 0 Å². The van der Waals surface area contributed by atoms with Crippen LogP contribution in [0.5, 0.6) is 5.75 Å². The Morgan fingerprint density at radius 1 is 1.00 bits per heavy atom. The molecule has 0 aliphatic heterocycles. The second-order valence-electron chi connectivity index (χ2n) is 7.38. The SMILES string of the molecule is COc1ccc(C23CC4CC(CC(C4)C2)C3)c(C)c1. The van der Waals surface area contributed by atoms with E-state index in [0.717, 1.165) is 23.5 Å². The minimum atomic E-state index is 0.519. The van der Waals surface area contributed by atoms with Gasteiger partial charge in [-0.2, -0.15) is 0 Å². The maximum absolute atomic E-state index is 5.37. The van der Waals surface area contributed by atoms with Gasteiger partial charge in [-0.15, -0.1) is 0 Å². The third-order valence-electron chi connectivity index (χ3n) is 6.04. The van der Waals surface area contributed by atoms with Gasteiger partial charge >= 0.3 is 0 Å². The van der Waals surface area contributed by atoms with Crippen LogP contribution >= 0.6 is 0 Å². The smallest absolute Gasteiger partial charge is 0.119 e. The molecule has 0 N–H and O–H groups in total. The molecule has 0 heterocycles. The monoisotopic (exact) mass is 256 g/mol. The third-order valence-corrected chi connectivity index (χ3v) is 6.04. The van der Waals surface area contributed by atoms with Crippen molar-refractivity contribution in [1.82, 2.24) is 0 Å². The molecule has 4 aliphatic carbocycles. The molecular weight excluding hydrogens is 232 g/mol. The van der Waals surface area contributed by atoms with E-state index in [1.165, 1.54) is 44.1 Å². The number of aryl methyl sites for hydroxylation is 1. The van der Waals surface area contributed by atoms with E-state index in [2.05, 4.69) is 25.1 Å². The van der Waals surface area contributed by atoms with E-state index in [-0.39, 0.29) is 0 Å². The van der Waals surface area contributed by atoms with Crippen LogP contribution in [-0.4, -0.2) is 7.11 Å². The number of rotatable bonds is 2. The van der Waals surface area contributed by atoms with Gasteiger partial charge in [0, 0.05) is 0 Å². The van der Waals surface area contributed by atoms with Crippen LogP contribution in [0.4, 0.5) is 0 Å². The van der Waals surface area contributed by atoms with Crippen molar-refractivity contribution in [3.8, 4) is 5.75 Å². The first-order valence-electron chi connectivity index (χ1n) is 7.84. The predicted octanol–water partition coefficient (Wildman–Crippen LogP) is 4.47. The molecule has 0 spiro atoms. The van der Waals surface area contributed by atoms with Gasteiger partial charge in [-0.1, -0.05) is 6.07 Å². The molecule has 19 heavy (non-hydrogen) atoms. The van der Waals surface area contributed by atoms with Crippen LogP contribution in [-0.2, 0) is 5.41 Å². The first kappa shape index (κ1) is 11.8. The van der Waals surface area contributed by atoms with Crippen molar-refractivity contribution in [3.05, 3.63) is 29.3 Å². The Morgan fingerprint density at radius 2 is 1.58 bits per heavy atom. The zero-order valence-electron chi connectivity index (χ0n) is 12.1. The number of hydrogen-bond acceptors (Lipinski definition) is 1. The molecule has 0 atom stereocenters. The van der Waals surface area contributed by atoms with Crippen LogP contribution in [0.3, 0.4) is 0 Å². The molecule has 0 saturated heterocycles. The third kappa shape index (κ3) is 1.74. The summed E-state index contributed by atoms with van der Waals surface area (Å²) in [4.78, 5) is 0. The maximum Gasteiger partial charge on any atom is 0.119 e. The van der Waals surface area contributed by atoms with Crippen molar-refractivity contribution in [2.24, 2.45) is 17.8 Å². The molecule has 1 heteroatoms. The quantitative estimate of drug-likeness (QED) is 0.758. The van der Waals surface area contributed by atoms with Crippen LogP contribution in [0.15, 0.2) is 18.2 Å². The van der Waals surface area contributed by atoms with Crippen LogP contribution in [0.2, 0.25) is 0 Å². The van der Waals surface area contributed by atoms with Crippen molar-refractivity contribution < 1.29 is 4.74 Å². The summed E-state index contributed by atoms with van der Waals surface area (Å²) in [7, 11) is 1.76. The Bertz CT molecular complexity index is 467. The Hall–Kier alpha value is -0.980. The van der Waals surface area contributed by atoms with Crippen molar-refractivity contribution in [3.63, 3.8) is 0 Å². The van der Waals surface area contributed by atoms with E-state index in [1.54, 1.807) is 12.7 Å². The second kappa shape index (κ2) is 4.01. The summed E-state index contributed by atoms with van der Waals surface area (Å²) in [5.74, 6) is 4.07. The Labute approximate surface area is 116 Å². The highest BCUT2D eigenvalue weighted by Crippen LogP contribution is 2.61.